The van der Waals surface area contributed by atoms with Crippen LogP contribution >= 0.6 is 0 Å². The molecule has 2 N–H and O–H groups in total. The summed E-state index contributed by atoms with van der Waals surface area (Å²) in [5.41, 5.74) is 5.61. The van der Waals surface area contributed by atoms with Gasteiger partial charge in [0.05, 0.1) is 5.92 Å². The zero-order chi connectivity index (χ0) is 6.97. The molecule has 2 rings (SSSR count). The van der Waals surface area contributed by atoms with E-state index in [0.717, 1.165) is 6.42 Å². The van der Waals surface area contributed by atoms with Crippen molar-refractivity contribution in [3.8, 4) is 0 Å². The lowest BCUT2D eigenvalue weighted by Crippen LogP contribution is -2.30. The Morgan fingerprint density at radius 1 is 1.40 bits per heavy atom. The van der Waals surface area contributed by atoms with Crippen molar-refractivity contribution in [2.45, 2.75) is 31.8 Å². The Labute approximate surface area is 60.2 Å². The quantitative estimate of drug-likeness (QED) is 0.542. The summed E-state index contributed by atoms with van der Waals surface area (Å²) in [6.07, 6.45) is 5.16. The molecule has 0 aromatic rings. The maximum Gasteiger partial charge on any atom is 0.146 e. The second-order valence-corrected chi connectivity index (χ2v) is 3.05. The SMILES string of the molecule is NC1=NOC2CCCCC12. The van der Waals surface area contributed by atoms with Crippen LogP contribution in [0.3, 0.4) is 0 Å². The number of hydrogen-bond acceptors (Lipinski definition) is 3. The zero-order valence-electron chi connectivity index (χ0n) is 5.92. The summed E-state index contributed by atoms with van der Waals surface area (Å²) >= 11 is 0. The van der Waals surface area contributed by atoms with Gasteiger partial charge in [0.15, 0.2) is 0 Å². The monoisotopic (exact) mass is 140 g/mol. The molecule has 1 aliphatic carbocycles. The smallest absolute Gasteiger partial charge is 0.146 e. The topological polar surface area (TPSA) is 47.6 Å². The van der Waals surface area contributed by atoms with E-state index < -0.39 is 0 Å². The highest BCUT2D eigenvalue weighted by Gasteiger charge is 2.34. The minimum atomic E-state index is 0.314. The van der Waals surface area contributed by atoms with E-state index in [0.29, 0.717) is 17.9 Å². The predicted octanol–water partition coefficient (Wildman–Crippen LogP) is 0.848. The molecule has 2 unspecified atom stereocenters. The maximum absolute atomic E-state index is 5.61. The Morgan fingerprint density at radius 3 is 3.00 bits per heavy atom. The zero-order valence-corrected chi connectivity index (χ0v) is 5.92. The molecular formula is C7H12N2O. The molecule has 0 amide bonds. The molecule has 1 heterocycles. The third-order valence-corrected chi connectivity index (χ3v) is 2.38. The Kier molecular flexibility index (Phi) is 1.29. The number of hydrogen-bond donors (Lipinski definition) is 1. The summed E-state index contributed by atoms with van der Waals surface area (Å²) in [5, 5.41) is 3.78. The molecule has 2 aliphatic rings. The van der Waals surface area contributed by atoms with Gasteiger partial charge >= 0.3 is 0 Å². The largest absolute Gasteiger partial charge is 0.390 e. The van der Waals surface area contributed by atoms with Crippen LogP contribution in [0.15, 0.2) is 5.16 Å². The van der Waals surface area contributed by atoms with Crippen LogP contribution in [0, 0.1) is 5.92 Å². The molecular weight excluding hydrogens is 128 g/mol. The van der Waals surface area contributed by atoms with E-state index in [4.69, 9.17) is 10.6 Å². The van der Waals surface area contributed by atoms with E-state index in [9.17, 15) is 0 Å². The molecule has 10 heavy (non-hydrogen) atoms. The van der Waals surface area contributed by atoms with Crippen molar-refractivity contribution in [3.05, 3.63) is 0 Å². The van der Waals surface area contributed by atoms with Crippen molar-refractivity contribution < 1.29 is 4.84 Å². The van der Waals surface area contributed by atoms with E-state index in [1.165, 1.54) is 19.3 Å². The highest BCUT2D eigenvalue weighted by atomic mass is 16.6. The van der Waals surface area contributed by atoms with Crippen molar-refractivity contribution in [1.82, 2.24) is 0 Å². The third-order valence-electron chi connectivity index (χ3n) is 2.38. The molecule has 0 aromatic heterocycles. The molecule has 3 heteroatoms. The fourth-order valence-electron chi connectivity index (χ4n) is 1.76. The van der Waals surface area contributed by atoms with E-state index in [-0.39, 0.29) is 0 Å². The van der Waals surface area contributed by atoms with E-state index >= 15 is 0 Å². The van der Waals surface area contributed by atoms with Crippen LogP contribution in [-0.2, 0) is 4.84 Å². The van der Waals surface area contributed by atoms with Gasteiger partial charge in [0, 0.05) is 0 Å². The first-order valence-electron chi connectivity index (χ1n) is 3.87. The number of amidine groups is 1. The van der Waals surface area contributed by atoms with Crippen molar-refractivity contribution in [2.75, 3.05) is 0 Å². The number of oxime groups is 1. The Balaban J connectivity index is 2.08. The molecule has 0 bridgehead atoms. The Bertz CT molecular complexity index is 167. The van der Waals surface area contributed by atoms with Crippen molar-refractivity contribution in [1.29, 1.82) is 0 Å². The second-order valence-electron chi connectivity index (χ2n) is 3.05. The number of nitrogens with two attached hydrogens (primary N) is 1. The molecule has 3 nitrogen and oxygen atoms in total. The Hall–Kier alpha value is -0.730. The van der Waals surface area contributed by atoms with Crippen molar-refractivity contribution >= 4 is 5.84 Å². The van der Waals surface area contributed by atoms with Crippen LogP contribution in [0.4, 0.5) is 0 Å². The molecule has 1 fully saturated rings. The van der Waals surface area contributed by atoms with Crippen LogP contribution in [-0.4, -0.2) is 11.9 Å². The van der Waals surface area contributed by atoms with Crippen LogP contribution in [0.25, 0.3) is 0 Å². The van der Waals surface area contributed by atoms with Crippen LogP contribution in [0.1, 0.15) is 25.7 Å². The number of rotatable bonds is 0. The number of fused-ring (bicyclic) bond motifs is 1. The molecule has 0 saturated heterocycles. The Morgan fingerprint density at radius 2 is 2.20 bits per heavy atom. The minimum absolute atomic E-state index is 0.314. The molecule has 1 aliphatic heterocycles. The molecule has 0 spiro atoms. The lowest BCUT2D eigenvalue weighted by molar-refractivity contribution is 0.0397. The van der Waals surface area contributed by atoms with E-state index in [2.05, 4.69) is 5.16 Å². The summed E-state index contributed by atoms with van der Waals surface area (Å²) in [5.74, 6) is 1.15. The lowest BCUT2D eigenvalue weighted by Gasteiger charge is -2.21. The van der Waals surface area contributed by atoms with Gasteiger partial charge in [-0.25, -0.2) is 0 Å². The van der Waals surface area contributed by atoms with Gasteiger partial charge in [0.1, 0.15) is 11.9 Å². The summed E-state index contributed by atoms with van der Waals surface area (Å²) in [6, 6.07) is 0. The third kappa shape index (κ3) is 0.770. The standard InChI is InChI=1S/C7H12N2O/c8-7-5-3-1-2-4-6(5)10-9-7/h5-6H,1-4H2,(H2,8,9). The average molecular weight is 140 g/mol. The molecule has 0 aromatic carbocycles. The molecule has 0 radical (unpaired) electrons. The lowest BCUT2D eigenvalue weighted by atomic mass is 9.86. The first-order valence-corrected chi connectivity index (χ1v) is 3.87. The fourth-order valence-corrected chi connectivity index (χ4v) is 1.76. The molecule has 56 valence electrons. The van der Waals surface area contributed by atoms with E-state index in [1.54, 1.807) is 0 Å². The summed E-state index contributed by atoms with van der Waals surface area (Å²) in [7, 11) is 0. The average Bonchev–Trinajstić information content (AvgIpc) is 2.34. The van der Waals surface area contributed by atoms with Gasteiger partial charge in [-0.15, -0.1) is 0 Å². The maximum atomic E-state index is 5.61. The first kappa shape index (κ1) is 6.01. The van der Waals surface area contributed by atoms with Gasteiger partial charge < -0.3 is 10.6 Å². The first-order chi connectivity index (χ1) is 4.88. The van der Waals surface area contributed by atoms with Crippen LogP contribution in [0.2, 0.25) is 0 Å². The van der Waals surface area contributed by atoms with Crippen molar-refractivity contribution in [3.63, 3.8) is 0 Å². The van der Waals surface area contributed by atoms with Crippen LogP contribution < -0.4 is 5.73 Å². The van der Waals surface area contributed by atoms with Gasteiger partial charge in [0.25, 0.3) is 0 Å². The summed E-state index contributed by atoms with van der Waals surface area (Å²) in [6.45, 7) is 0. The summed E-state index contributed by atoms with van der Waals surface area (Å²) in [4.78, 5) is 5.13. The van der Waals surface area contributed by atoms with Crippen LogP contribution in [0.5, 0.6) is 0 Å². The molecule has 2 atom stereocenters. The summed E-state index contributed by atoms with van der Waals surface area (Å²) < 4.78 is 0. The van der Waals surface area contributed by atoms with Gasteiger partial charge in [-0.3, -0.25) is 0 Å². The van der Waals surface area contributed by atoms with Crippen molar-refractivity contribution in [2.24, 2.45) is 16.8 Å². The predicted molar refractivity (Wildman–Crippen MR) is 38.5 cm³/mol. The highest BCUT2D eigenvalue weighted by Crippen LogP contribution is 2.30. The second kappa shape index (κ2) is 2.15. The van der Waals surface area contributed by atoms with Gasteiger partial charge in [0.2, 0.25) is 0 Å². The number of nitrogens with zero attached hydrogens (tertiary/aromatic N) is 1. The van der Waals surface area contributed by atoms with Gasteiger partial charge in [-0.05, 0) is 19.3 Å². The highest BCUT2D eigenvalue weighted by molar-refractivity contribution is 5.84. The molecule has 1 saturated carbocycles. The fraction of sp³-hybridized carbons (Fsp3) is 0.857. The van der Waals surface area contributed by atoms with Gasteiger partial charge in [-0.2, -0.15) is 0 Å². The van der Waals surface area contributed by atoms with Gasteiger partial charge in [-0.1, -0.05) is 11.6 Å². The minimum Gasteiger partial charge on any atom is -0.390 e. The normalized spacial score (nSPS) is 38.2. The van der Waals surface area contributed by atoms with E-state index in [1.807, 2.05) is 0 Å².